The van der Waals surface area contributed by atoms with Gasteiger partial charge in [-0.1, -0.05) is 0 Å². The number of hydrogen-bond acceptors (Lipinski definition) is 11. The second kappa shape index (κ2) is 15.0. The zero-order chi connectivity index (χ0) is 34.4. The number of carboxylic acid groups (broad SMARTS) is 3. The SMILES string of the molecule is COc1cc2sc(C(=O)CCC(=O)O)cc2c(F)c1OCC(=CC(=O)O)COc1c(OC)cc2sc(C(=O)CCC(=O)O)cc2c1F. The second-order valence-corrected chi connectivity index (χ2v) is 12.0. The lowest BCUT2D eigenvalue weighted by Crippen LogP contribution is -2.13. The monoisotopic (exact) mass is 692 g/mol. The maximum atomic E-state index is 15.6. The van der Waals surface area contributed by atoms with Gasteiger partial charge in [0.1, 0.15) is 13.2 Å². The van der Waals surface area contributed by atoms with E-state index in [1.165, 1.54) is 38.5 Å². The molecule has 0 amide bonds. The van der Waals surface area contributed by atoms with E-state index in [-0.39, 0.29) is 63.3 Å². The molecule has 3 N–H and O–H groups in total. The minimum atomic E-state index is -1.40. The Labute approximate surface area is 272 Å². The number of fused-ring (bicyclic) bond motifs is 2. The minimum Gasteiger partial charge on any atom is -0.493 e. The van der Waals surface area contributed by atoms with E-state index < -0.39 is 65.8 Å². The first-order chi connectivity index (χ1) is 22.3. The third-order valence-corrected chi connectivity index (χ3v) is 8.86. The van der Waals surface area contributed by atoms with E-state index in [9.17, 15) is 29.1 Å². The van der Waals surface area contributed by atoms with Crippen molar-refractivity contribution in [1.29, 1.82) is 0 Å². The van der Waals surface area contributed by atoms with Crippen LogP contribution >= 0.6 is 22.7 Å². The highest BCUT2D eigenvalue weighted by atomic mass is 32.1. The molecule has 47 heavy (non-hydrogen) atoms. The lowest BCUT2D eigenvalue weighted by Gasteiger charge is -2.16. The summed E-state index contributed by atoms with van der Waals surface area (Å²) in [6.07, 6.45) is -0.589. The molecule has 0 unspecified atom stereocenters. The van der Waals surface area contributed by atoms with Crippen molar-refractivity contribution in [3.8, 4) is 23.0 Å². The number of aliphatic carboxylic acids is 3. The maximum absolute atomic E-state index is 15.6. The van der Waals surface area contributed by atoms with Crippen molar-refractivity contribution in [2.45, 2.75) is 25.7 Å². The van der Waals surface area contributed by atoms with Crippen LogP contribution in [0, 0.1) is 11.6 Å². The Bertz CT molecular complexity index is 1800. The van der Waals surface area contributed by atoms with Crippen LogP contribution < -0.4 is 18.9 Å². The van der Waals surface area contributed by atoms with Crippen LogP contribution in [0.1, 0.15) is 45.0 Å². The summed E-state index contributed by atoms with van der Waals surface area (Å²) in [6, 6.07) is 5.37. The highest BCUT2D eigenvalue weighted by Gasteiger charge is 2.23. The second-order valence-electron chi connectivity index (χ2n) is 9.84. The van der Waals surface area contributed by atoms with E-state index >= 15 is 8.78 Å². The fourth-order valence-corrected chi connectivity index (χ4v) is 6.47. The van der Waals surface area contributed by atoms with Crippen molar-refractivity contribution in [1.82, 2.24) is 0 Å². The number of ether oxygens (including phenoxy) is 4. The van der Waals surface area contributed by atoms with Gasteiger partial charge in [0.25, 0.3) is 0 Å². The number of carbonyl (C=O) groups is 5. The van der Waals surface area contributed by atoms with Crippen molar-refractivity contribution in [3.05, 3.63) is 57.3 Å². The van der Waals surface area contributed by atoms with E-state index in [0.29, 0.717) is 9.40 Å². The molecule has 12 nitrogen and oxygen atoms in total. The largest absolute Gasteiger partial charge is 0.493 e. The molecule has 0 saturated heterocycles. The summed E-state index contributed by atoms with van der Waals surface area (Å²) in [7, 11) is 2.50. The molecule has 0 aliphatic heterocycles. The van der Waals surface area contributed by atoms with E-state index in [0.717, 1.165) is 28.7 Å². The number of ketones is 2. The smallest absolute Gasteiger partial charge is 0.328 e. The normalized spacial score (nSPS) is 10.9. The summed E-state index contributed by atoms with van der Waals surface area (Å²) < 4.78 is 53.7. The number of methoxy groups -OCH3 is 2. The molecule has 0 aliphatic carbocycles. The molecule has 0 fully saturated rings. The van der Waals surface area contributed by atoms with Crippen LogP contribution in [0.4, 0.5) is 8.78 Å². The molecule has 0 radical (unpaired) electrons. The highest BCUT2D eigenvalue weighted by Crippen LogP contribution is 2.42. The average Bonchev–Trinajstić information content (AvgIpc) is 3.66. The van der Waals surface area contributed by atoms with Gasteiger partial charge in [0.15, 0.2) is 46.2 Å². The van der Waals surface area contributed by atoms with Gasteiger partial charge in [-0.2, -0.15) is 0 Å². The Balaban J connectivity index is 1.57. The van der Waals surface area contributed by atoms with Crippen molar-refractivity contribution >= 4 is 72.3 Å². The topological polar surface area (TPSA) is 183 Å². The predicted molar refractivity (Wildman–Crippen MR) is 166 cm³/mol. The van der Waals surface area contributed by atoms with E-state index in [2.05, 4.69) is 0 Å². The third-order valence-electron chi connectivity index (χ3n) is 6.62. The van der Waals surface area contributed by atoms with Crippen LogP contribution in [-0.4, -0.2) is 72.2 Å². The fraction of sp³-hybridized carbons (Fsp3) is 0.258. The first-order valence-corrected chi connectivity index (χ1v) is 15.2. The number of rotatable bonds is 17. The lowest BCUT2D eigenvalue weighted by molar-refractivity contribution is -0.137. The lowest BCUT2D eigenvalue weighted by atomic mass is 10.1. The molecule has 4 aromatic rings. The van der Waals surface area contributed by atoms with Crippen LogP contribution in [0.15, 0.2) is 35.9 Å². The van der Waals surface area contributed by atoms with Gasteiger partial charge < -0.3 is 34.3 Å². The van der Waals surface area contributed by atoms with Gasteiger partial charge in [0.2, 0.25) is 0 Å². The van der Waals surface area contributed by atoms with Gasteiger partial charge in [-0.25, -0.2) is 13.6 Å². The molecule has 0 saturated carbocycles. The Morgan fingerprint density at radius 3 is 1.43 bits per heavy atom. The first kappa shape index (κ1) is 34.8. The van der Waals surface area contributed by atoms with Crippen LogP contribution in [0.25, 0.3) is 20.2 Å². The molecule has 0 bridgehead atoms. The van der Waals surface area contributed by atoms with Gasteiger partial charge in [-0.05, 0) is 12.1 Å². The molecule has 2 aromatic carbocycles. The summed E-state index contributed by atoms with van der Waals surface area (Å²) in [4.78, 5) is 58.3. The van der Waals surface area contributed by atoms with Crippen LogP contribution in [-0.2, 0) is 14.4 Å². The fourth-order valence-electron chi connectivity index (χ4n) is 4.36. The predicted octanol–water partition coefficient (Wildman–Crippen LogP) is 5.98. The Hall–Kier alpha value is -5.09. The van der Waals surface area contributed by atoms with Crippen molar-refractivity contribution in [2.75, 3.05) is 27.4 Å². The van der Waals surface area contributed by atoms with Gasteiger partial charge in [0.05, 0.1) is 36.8 Å². The molecule has 2 heterocycles. The molecule has 2 aromatic heterocycles. The molecular weight excluding hydrogens is 666 g/mol. The molecule has 0 spiro atoms. The van der Waals surface area contributed by atoms with Gasteiger partial charge >= 0.3 is 17.9 Å². The van der Waals surface area contributed by atoms with Crippen molar-refractivity contribution in [3.63, 3.8) is 0 Å². The van der Waals surface area contributed by atoms with Gasteiger partial charge in [-0.3, -0.25) is 19.2 Å². The number of thiophene rings is 2. The van der Waals surface area contributed by atoms with E-state index in [1.54, 1.807) is 0 Å². The molecule has 248 valence electrons. The summed E-state index contributed by atoms with van der Waals surface area (Å²) in [5.74, 6) is -7.43. The summed E-state index contributed by atoms with van der Waals surface area (Å²) in [5, 5.41) is 27.1. The van der Waals surface area contributed by atoms with E-state index in [1.807, 2.05) is 0 Å². The van der Waals surface area contributed by atoms with Gasteiger partial charge in [0, 0.05) is 56.8 Å². The average molecular weight is 693 g/mol. The number of hydrogen-bond donors (Lipinski definition) is 3. The van der Waals surface area contributed by atoms with Crippen LogP contribution in [0.2, 0.25) is 0 Å². The quantitative estimate of drug-likeness (QED) is 0.0871. The van der Waals surface area contributed by atoms with E-state index in [4.69, 9.17) is 29.2 Å². The number of carbonyl (C=O) groups excluding carboxylic acids is 2. The third kappa shape index (κ3) is 8.20. The standard InChI is InChI=1S/C31H26F2O12S2/c1-42-19-10-21-15(8-23(46-21)17(34)3-5-25(36)37)28(32)30(19)44-12-14(7-27(40)41)13-45-31-20(43-2)11-22-16(29(31)33)9-24(47-22)18(35)4-6-26(38)39/h7-11H,3-6,12-13H2,1-2H3,(H,36,37)(H,38,39)(H,40,41). The van der Waals surface area contributed by atoms with Crippen molar-refractivity contribution in [2.24, 2.45) is 0 Å². The van der Waals surface area contributed by atoms with Gasteiger partial charge in [-0.15, -0.1) is 22.7 Å². The Kier molecular flexibility index (Phi) is 11.1. The Morgan fingerprint density at radius 1 is 0.681 bits per heavy atom. The van der Waals surface area contributed by atoms with Crippen LogP contribution in [0.3, 0.4) is 0 Å². The minimum absolute atomic E-state index is 0.00109. The Morgan fingerprint density at radius 2 is 1.09 bits per heavy atom. The summed E-state index contributed by atoms with van der Waals surface area (Å²) in [6.45, 7) is -1.10. The zero-order valence-corrected chi connectivity index (χ0v) is 26.4. The first-order valence-electron chi connectivity index (χ1n) is 13.6. The summed E-state index contributed by atoms with van der Waals surface area (Å²) in [5.41, 5.74) is -0.0645. The maximum Gasteiger partial charge on any atom is 0.328 e. The molecule has 4 rings (SSSR count). The molecule has 0 aliphatic rings. The number of carboxylic acids is 3. The molecular formula is C31H26F2O12S2. The highest BCUT2D eigenvalue weighted by molar-refractivity contribution is 7.21. The summed E-state index contributed by atoms with van der Waals surface area (Å²) >= 11 is 1.89. The van der Waals surface area contributed by atoms with Crippen LogP contribution in [0.5, 0.6) is 23.0 Å². The van der Waals surface area contributed by atoms with Crippen molar-refractivity contribution < 1.29 is 67.0 Å². The molecule has 16 heteroatoms. The zero-order valence-electron chi connectivity index (χ0n) is 24.7. The number of Topliss-reactive ketones (excluding diaryl/α,β-unsaturated/α-hetero) is 2. The number of benzene rings is 2. The molecule has 0 atom stereocenters. The number of halogens is 2.